The third-order valence-electron chi connectivity index (χ3n) is 2.86. The molecule has 0 aliphatic rings. The Morgan fingerprint density at radius 3 is 2.63 bits per heavy atom. The number of nitrogens with zero attached hydrogens (tertiary/aromatic N) is 2. The summed E-state index contributed by atoms with van der Waals surface area (Å²) >= 11 is 6.77. The fourth-order valence-corrected chi connectivity index (χ4v) is 2.85. The van der Waals surface area contributed by atoms with E-state index in [-0.39, 0.29) is 11.9 Å². The Morgan fingerprint density at radius 2 is 2.00 bits per heavy atom. The van der Waals surface area contributed by atoms with Gasteiger partial charge < -0.3 is 5.73 Å². The lowest BCUT2D eigenvalue weighted by molar-refractivity contribution is 0.493. The van der Waals surface area contributed by atoms with Crippen molar-refractivity contribution < 1.29 is 4.39 Å². The Kier molecular flexibility index (Phi) is 4.43. The van der Waals surface area contributed by atoms with Crippen molar-refractivity contribution in [1.82, 2.24) is 9.78 Å². The van der Waals surface area contributed by atoms with E-state index in [1.165, 1.54) is 6.07 Å². The molecule has 1 unspecified atom stereocenters. The van der Waals surface area contributed by atoms with Crippen LogP contribution >= 0.6 is 31.9 Å². The molecule has 0 saturated heterocycles. The average molecular weight is 391 g/mol. The van der Waals surface area contributed by atoms with Gasteiger partial charge in [-0.3, -0.25) is 4.68 Å². The molecule has 102 valence electrons. The normalized spacial score (nSPS) is 13.0. The van der Waals surface area contributed by atoms with Gasteiger partial charge in [0, 0.05) is 16.1 Å². The van der Waals surface area contributed by atoms with Crippen LogP contribution in [0, 0.1) is 5.82 Å². The van der Waals surface area contributed by atoms with Crippen LogP contribution in [-0.4, -0.2) is 9.78 Å². The maximum Gasteiger partial charge on any atom is 0.128 e. The molecule has 2 N–H and O–H groups in total. The third kappa shape index (κ3) is 2.90. The van der Waals surface area contributed by atoms with Crippen molar-refractivity contribution >= 4 is 31.9 Å². The molecule has 0 saturated carbocycles. The van der Waals surface area contributed by atoms with Crippen LogP contribution in [0.3, 0.4) is 0 Å². The smallest absolute Gasteiger partial charge is 0.128 e. The number of halogens is 3. The molecule has 1 aromatic heterocycles. The van der Waals surface area contributed by atoms with E-state index in [1.54, 1.807) is 23.0 Å². The zero-order valence-corrected chi connectivity index (χ0v) is 13.7. The number of aromatic nitrogens is 2. The van der Waals surface area contributed by atoms with Crippen LogP contribution in [-0.2, 0) is 0 Å². The van der Waals surface area contributed by atoms with Crippen LogP contribution in [0.5, 0.6) is 0 Å². The van der Waals surface area contributed by atoms with Crippen LogP contribution in [0.25, 0.3) is 0 Å². The van der Waals surface area contributed by atoms with Gasteiger partial charge in [-0.1, -0.05) is 15.9 Å². The van der Waals surface area contributed by atoms with E-state index >= 15 is 0 Å². The number of hydrogen-bond acceptors (Lipinski definition) is 2. The second-order valence-corrected chi connectivity index (χ2v) is 6.33. The lowest BCUT2D eigenvalue weighted by Gasteiger charge is -2.18. The zero-order chi connectivity index (χ0) is 14.2. The largest absolute Gasteiger partial charge is 0.319 e. The minimum Gasteiger partial charge on any atom is -0.319 e. The highest BCUT2D eigenvalue weighted by atomic mass is 79.9. The quantitative estimate of drug-likeness (QED) is 0.854. The lowest BCUT2D eigenvalue weighted by atomic mass is 10.0. The first-order chi connectivity index (χ1) is 8.91. The summed E-state index contributed by atoms with van der Waals surface area (Å²) in [5, 5.41) is 4.27. The van der Waals surface area contributed by atoms with Crippen LogP contribution in [0.4, 0.5) is 4.39 Å². The minimum atomic E-state index is -0.572. The van der Waals surface area contributed by atoms with Gasteiger partial charge in [-0.15, -0.1) is 0 Å². The number of benzene rings is 1. The zero-order valence-electron chi connectivity index (χ0n) is 10.6. The van der Waals surface area contributed by atoms with E-state index in [2.05, 4.69) is 37.0 Å². The fourth-order valence-electron chi connectivity index (χ4n) is 1.95. The Labute approximate surface area is 128 Å². The molecule has 2 aromatic rings. The van der Waals surface area contributed by atoms with E-state index in [1.807, 2.05) is 13.8 Å². The fraction of sp³-hybridized carbons (Fsp3) is 0.308. The molecule has 1 atom stereocenters. The van der Waals surface area contributed by atoms with Crippen molar-refractivity contribution in [3.63, 3.8) is 0 Å². The van der Waals surface area contributed by atoms with Crippen molar-refractivity contribution in [2.24, 2.45) is 5.73 Å². The second-order valence-electron chi connectivity index (χ2n) is 4.56. The standard InChI is InChI=1S/C13H14Br2FN3/c1-7(2)19-13(10(15)6-18-19)12(17)9-5-8(14)3-4-11(9)16/h3-7,12H,17H2,1-2H3. The summed E-state index contributed by atoms with van der Waals surface area (Å²) in [5.41, 5.74) is 7.43. The van der Waals surface area contributed by atoms with Gasteiger partial charge in [0.05, 0.1) is 22.4 Å². The lowest BCUT2D eigenvalue weighted by Crippen LogP contribution is -2.20. The van der Waals surface area contributed by atoms with Crippen molar-refractivity contribution in [3.05, 3.63) is 50.4 Å². The topological polar surface area (TPSA) is 43.8 Å². The summed E-state index contributed by atoms with van der Waals surface area (Å²) in [6.07, 6.45) is 1.69. The van der Waals surface area contributed by atoms with Crippen LogP contribution in [0.15, 0.2) is 33.3 Å². The maximum absolute atomic E-state index is 13.9. The van der Waals surface area contributed by atoms with Gasteiger partial charge in [0.15, 0.2) is 0 Å². The summed E-state index contributed by atoms with van der Waals surface area (Å²) in [6, 6.07) is 4.34. The van der Waals surface area contributed by atoms with Crippen LogP contribution in [0.2, 0.25) is 0 Å². The molecule has 0 bridgehead atoms. The van der Waals surface area contributed by atoms with Gasteiger partial charge >= 0.3 is 0 Å². The molecule has 0 amide bonds. The van der Waals surface area contributed by atoms with Gasteiger partial charge in [0.1, 0.15) is 5.82 Å². The predicted octanol–water partition coefficient (Wildman–Crippen LogP) is 4.18. The van der Waals surface area contributed by atoms with Crippen molar-refractivity contribution in [1.29, 1.82) is 0 Å². The SMILES string of the molecule is CC(C)n1ncc(Br)c1C(N)c1cc(Br)ccc1F. The minimum absolute atomic E-state index is 0.155. The molecular formula is C13H14Br2FN3. The van der Waals surface area contributed by atoms with E-state index < -0.39 is 6.04 Å². The summed E-state index contributed by atoms with van der Waals surface area (Å²) < 4.78 is 17.3. The van der Waals surface area contributed by atoms with Crippen LogP contribution in [0.1, 0.15) is 37.2 Å². The predicted molar refractivity (Wildman–Crippen MR) is 80.4 cm³/mol. The average Bonchev–Trinajstić information content (AvgIpc) is 2.73. The molecule has 0 aliphatic heterocycles. The molecule has 0 spiro atoms. The van der Waals surface area contributed by atoms with Crippen molar-refractivity contribution in [2.75, 3.05) is 0 Å². The van der Waals surface area contributed by atoms with Gasteiger partial charge in [-0.05, 0) is 48.0 Å². The molecule has 0 radical (unpaired) electrons. The molecule has 6 heteroatoms. The monoisotopic (exact) mass is 389 g/mol. The van der Waals surface area contributed by atoms with Crippen LogP contribution < -0.4 is 5.73 Å². The molecule has 1 aromatic carbocycles. The molecule has 19 heavy (non-hydrogen) atoms. The molecule has 3 nitrogen and oxygen atoms in total. The Bertz CT molecular complexity index is 596. The Balaban J connectivity index is 2.52. The highest BCUT2D eigenvalue weighted by Gasteiger charge is 2.22. The first-order valence-electron chi connectivity index (χ1n) is 5.85. The first kappa shape index (κ1) is 14.7. The molecule has 0 aliphatic carbocycles. The third-order valence-corrected chi connectivity index (χ3v) is 3.97. The van der Waals surface area contributed by atoms with E-state index in [0.717, 1.165) is 14.6 Å². The maximum atomic E-state index is 13.9. The van der Waals surface area contributed by atoms with Crippen molar-refractivity contribution in [2.45, 2.75) is 25.9 Å². The summed E-state index contributed by atoms with van der Waals surface area (Å²) in [6.45, 7) is 4.01. The summed E-state index contributed by atoms with van der Waals surface area (Å²) in [4.78, 5) is 0. The van der Waals surface area contributed by atoms with Gasteiger partial charge in [-0.2, -0.15) is 5.10 Å². The summed E-state index contributed by atoms with van der Waals surface area (Å²) in [5.74, 6) is -0.320. The first-order valence-corrected chi connectivity index (χ1v) is 7.44. The number of hydrogen-bond donors (Lipinski definition) is 1. The highest BCUT2D eigenvalue weighted by molar-refractivity contribution is 9.10. The Morgan fingerprint density at radius 1 is 1.32 bits per heavy atom. The number of nitrogens with two attached hydrogens (primary N) is 1. The molecule has 2 rings (SSSR count). The molecule has 0 fully saturated rings. The number of rotatable bonds is 3. The van der Waals surface area contributed by atoms with E-state index in [0.29, 0.717) is 5.56 Å². The van der Waals surface area contributed by atoms with Crippen molar-refractivity contribution in [3.8, 4) is 0 Å². The van der Waals surface area contributed by atoms with Gasteiger partial charge in [0.25, 0.3) is 0 Å². The molecule has 1 heterocycles. The van der Waals surface area contributed by atoms with E-state index in [4.69, 9.17) is 5.73 Å². The summed E-state index contributed by atoms with van der Waals surface area (Å²) in [7, 11) is 0. The van der Waals surface area contributed by atoms with Gasteiger partial charge in [0.2, 0.25) is 0 Å². The van der Waals surface area contributed by atoms with E-state index in [9.17, 15) is 4.39 Å². The second kappa shape index (κ2) is 5.73. The molecular weight excluding hydrogens is 377 g/mol. The highest BCUT2D eigenvalue weighted by Crippen LogP contribution is 2.31. The van der Waals surface area contributed by atoms with Gasteiger partial charge in [-0.25, -0.2) is 4.39 Å². The Hall–Kier alpha value is -0.720.